The normalized spacial score (nSPS) is 22.2. The first kappa shape index (κ1) is 16.5. The summed E-state index contributed by atoms with van der Waals surface area (Å²) in [6.07, 6.45) is 0. The van der Waals surface area contributed by atoms with Crippen molar-refractivity contribution in [3.63, 3.8) is 0 Å². The van der Waals surface area contributed by atoms with Gasteiger partial charge in [0.25, 0.3) is 5.91 Å². The van der Waals surface area contributed by atoms with E-state index in [1.165, 1.54) is 23.5 Å². The summed E-state index contributed by atoms with van der Waals surface area (Å²) in [5, 5.41) is 4.14. The summed E-state index contributed by atoms with van der Waals surface area (Å²) < 4.78 is 18.5. The van der Waals surface area contributed by atoms with Gasteiger partial charge < -0.3 is 15.0 Å². The largest absolute Gasteiger partial charge is 0.486 e. The van der Waals surface area contributed by atoms with Crippen LogP contribution >= 0.6 is 11.3 Å². The first-order valence-corrected chi connectivity index (χ1v) is 9.26. The fourth-order valence-corrected chi connectivity index (χ4v) is 4.50. The van der Waals surface area contributed by atoms with Crippen molar-refractivity contribution in [3.8, 4) is 5.75 Å². The SMILES string of the molecule is Cc1nc(COc2ccc(F)cc2)sc1C(=O)N1C[C@H]2CNC[C@H]2C1. The Balaban J connectivity index is 1.41. The Labute approximate surface area is 149 Å². The maximum absolute atomic E-state index is 12.9. The summed E-state index contributed by atoms with van der Waals surface area (Å²) in [4.78, 5) is 19.9. The number of aryl methyl sites for hydroxylation is 1. The molecule has 0 spiro atoms. The molecule has 1 aromatic carbocycles. The van der Waals surface area contributed by atoms with Crippen molar-refractivity contribution in [2.75, 3.05) is 26.2 Å². The predicted molar refractivity (Wildman–Crippen MR) is 93.3 cm³/mol. The van der Waals surface area contributed by atoms with E-state index in [4.69, 9.17) is 4.74 Å². The molecule has 25 heavy (non-hydrogen) atoms. The van der Waals surface area contributed by atoms with Crippen LogP contribution in [-0.2, 0) is 6.61 Å². The van der Waals surface area contributed by atoms with Crippen LogP contribution in [0.25, 0.3) is 0 Å². The van der Waals surface area contributed by atoms with Crippen LogP contribution in [0.1, 0.15) is 20.4 Å². The number of nitrogens with zero attached hydrogens (tertiary/aromatic N) is 2. The zero-order chi connectivity index (χ0) is 17.4. The molecule has 0 bridgehead atoms. The van der Waals surface area contributed by atoms with Crippen LogP contribution in [0.4, 0.5) is 4.39 Å². The number of hydrogen-bond acceptors (Lipinski definition) is 5. The summed E-state index contributed by atoms with van der Waals surface area (Å²) in [5.41, 5.74) is 0.753. The van der Waals surface area contributed by atoms with Crippen LogP contribution in [-0.4, -0.2) is 42.0 Å². The van der Waals surface area contributed by atoms with Crippen molar-refractivity contribution in [2.45, 2.75) is 13.5 Å². The Kier molecular flexibility index (Phi) is 4.43. The van der Waals surface area contributed by atoms with Crippen LogP contribution in [0.15, 0.2) is 24.3 Å². The summed E-state index contributed by atoms with van der Waals surface area (Å²) in [7, 11) is 0. The molecule has 2 saturated heterocycles. The second-order valence-electron chi connectivity index (χ2n) is 6.65. The highest BCUT2D eigenvalue weighted by molar-refractivity contribution is 7.13. The van der Waals surface area contributed by atoms with Crippen molar-refractivity contribution >= 4 is 17.2 Å². The fourth-order valence-electron chi connectivity index (χ4n) is 3.55. The number of carbonyl (C=O) groups excluding carboxylic acids is 1. The van der Waals surface area contributed by atoms with E-state index in [1.807, 2.05) is 11.8 Å². The molecule has 132 valence electrons. The lowest BCUT2D eigenvalue weighted by Crippen LogP contribution is -2.31. The van der Waals surface area contributed by atoms with E-state index in [0.717, 1.165) is 36.9 Å². The minimum Gasteiger partial charge on any atom is -0.486 e. The molecule has 2 aromatic rings. The van der Waals surface area contributed by atoms with Gasteiger partial charge in [0.05, 0.1) is 5.69 Å². The van der Waals surface area contributed by atoms with Gasteiger partial charge >= 0.3 is 0 Å². The zero-order valence-electron chi connectivity index (χ0n) is 14.0. The molecule has 7 heteroatoms. The number of nitrogens with one attached hydrogen (secondary N) is 1. The van der Waals surface area contributed by atoms with Gasteiger partial charge in [0.15, 0.2) is 0 Å². The summed E-state index contributed by atoms with van der Waals surface area (Å²) in [5.74, 6) is 1.53. The Bertz CT molecular complexity index is 765. The Hall–Kier alpha value is -1.99. The third-order valence-corrected chi connectivity index (χ3v) is 6.01. The third kappa shape index (κ3) is 3.39. The van der Waals surface area contributed by atoms with Gasteiger partial charge in [-0.3, -0.25) is 4.79 Å². The molecular weight excluding hydrogens is 341 g/mol. The fraction of sp³-hybridized carbons (Fsp3) is 0.444. The van der Waals surface area contributed by atoms with E-state index in [0.29, 0.717) is 22.5 Å². The van der Waals surface area contributed by atoms with Gasteiger partial charge in [0, 0.05) is 26.2 Å². The van der Waals surface area contributed by atoms with Crippen LogP contribution in [0.2, 0.25) is 0 Å². The molecule has 0 aliphatic carbocycles. The van der Waals surface area contributed by atoms with Crippen LogP contribution in [0, 0.1) is 24.6 Å². The molecule has 1 amide bonds. The van der Waals surface area contributed by atoms with Gasteiger partial charge in [0.1, 0.15) is 28.1 Å². The Morgan fingerprint density at radius 1 is 1.32 bits per heavy atom. The molecule has 3 heterocycles. The average Bonchev–Trinajstić information content (AvgIpc) is 3.28. The average molecular weight is 361 g/mol. The summed E-state index contributed by atoms with van der Waals surface area (Å²) in [6.45, 7) is 5.81. The smallest absolute Gasteiger partial charge is 0.265 e. The highest BCUT2D eigenvalue weighted by Gasteiger charge is 2.39. The third-order valence-electron chi connectivity index (χ3n) is 4.89. The first-order chi connectivity index (χ1) is 12.1. The number of ether oxygens (including phenoxy) is 1. The molecule has 0 saturated carbocycles. The second-order valence-corrected chi connectivity index (χ2v) is 7.74. The highest BCUT2D eigenvalue weighted by Crippen LogP contribution is 2.29. The number of amides is 1. The number of carbonyl (C=O) groups is 1. The summed E-state index contributed by atoms with van der Waals surface area (Å²) >= 11 is 1.39. The molecule has 2 aliphatic heterocycles. The van der Waals surface area contributed by atoms with Gasteiger partial charge in [-0.2, -0.15) is 0 Å². The molecular formula is C18H20FN3O2S. The van der Waals surface area contributed by atoms with Gasteiger partial charge in [-0.05, 0) is 43.0 Å². The number of fused-ring (bicyclic) bond motifs is 1. The van der Waals surface area contributed by atoms with Crippen LogP contribution in [0.3, 0.4) is 0 Å². The molecule has 1 aromatic heterocycles. The van der Waals surface area contributed by atoms with E-state index in [2.05, 4.69) is 10.3 Å². The van der Waals surface area contributed by atoms with Crippen molar-refractivity contribution < 1.29 is 13.9 Å². The molecule has 0 unspecified atom stereocenters. The monoisotopic (exact) mass is 361 g/mol. The zero-order valence-corrected chi connectivity index (χ0v) is 14.8. The first-order valence-electron chi connectivity index (χ1n) is 8.45. The quantitative estimate of drug-likeness (QED) is 0.909. The van der Waals surface area contributed by atoms with E-state index >= 15 is 0 Å². The number of benzene rings is 1. The van der Waals surface area contributed by atoms with Crippen LogP contribution in [0.5, 0.6) is 5.75 Å². The van der Waals surface area contributed by atoms with Gasteiger partial charge in [-0.25, -0.2) is 9.37 Å². The lowest BCUT2D eigenvalue weighted by Gasteiger charge is -2.16. The molecule has 2 atom stereocenters. The molecule has 4 rings (SSSR count). The molecule has 2 aliphatic rings. The molecule has 1 N–H and O–H groups in total. The lowest BCUT2D eigenvalue weighted by molar-refractivity contribution is 0.0785. The number of rotatable bonds is 4. The molecule has 0 radical (unpaired) electrons. The minimum atomic E-state index is -0.295. The highest BCUT2D eigenvalue weighted by atomic mass is 32.1. The minimum absolute atomic E-state index is 0.0810. The van der Waals surface area contributed by atoms with Gasteiger partial charge in [-0.15, -0.1) is 11.3 Å². The Morgan fingerprint density at radius 3 is 2.68 bits per heavy atom. The van der Waals surface area contributed by atoms with Crippen molar-refractivity contribution in [2.24, 2.45) is 11.8 Å². The van der Waals surface area contributed by atoms with E-state index in [1.54, 1.807) is 12.1 Å². The van der Waals surface area contributed by atoms with E-state index < -0.39 is 0 Å². The van der Waals surface area contributed by atoms with Gasteiger partial charge in [-0.1, -0.05) is 0 Å². The second kappa shape index (κ2) is 6.72. The van der Waals surface area contributed by atoms with Gasteiger partial charge in [0.2, 0.25) is 0 Å². The molecule has 5 nitrogen and oxygen atoms in total. The van der Waals surface area contributed by atoms with Crippen molar-refractivity contribution in [3.05, 3.63) is 45.7 Å². The number of halogens is 1. The number of likely N-dealkylation sites (tertiary alicyclic amines) is 1. The van der Waals surface area contributed by atoms with Crippen LogP contribution < -0.4 is 10.1 Å². The Morgan fingerprint density at radius 2 is 2.00 bits per heavy atom. The topological polar surface area (TPSA) is 54.5 Å². The molecule has 2 fully saturated rings. The van der Waals surface area contributed by atoms with Crippen molar-refractivity contribution in [1.82, 2.24) is 15.2 Å². The number of aromatic nitrogens is 1. The number of thiazole rings is 1. The predicted octanol–water partition coefficient (Wildman–Crippen LogP) is 2.46. The van der Waals surface area contributed by atoms with Crippen molar-refractivity contribution in [1.29, 1.82) is 0 Å². The standard InChI is InChI=1S/C18H20FN3O2S/c1-11-17(18(23)22-8-12-6-20-7-13(12)9-22)25-16(21-11)10-24-15-4-2-14(19)3-5-15/h2-5,12-13,20H,6-10H2,1H3/t12-,13+. The van der Waals surface area contributed by atoms with E-state index in [-0.39, 0.29) is 18.3 Å². The number of hydrogen-bond donors (Lipinski definition) is 1. The van der Waals surface area contributed by atoms with E-state index in [9.17, 15) is 9.18 Å². The maximum Gasteiger partial charge on any atom is 0.265 e. The maximum atomic E-state index is 12.9. The lowest BCUT2D eigenvalue weighted by atomic mass is 10.0. The summed E-state index contributed by atoms with van der Waals surface area (Å²) in [6, 6.07) is 5.88.